The van der Waals surface area contributed by atoms with E-state index in [1.54, 1.807) is 12.5 Å². The monoisotopic (exact) mass is 158 g/mol. The van der Waals surface area contributed by atoms with Gasteiger partial charge in [-0.3, -0.25) is 0 Å². The molecule has 1 rings (SSSR count). The molecule has 1 heterocycles. The molecular weight excluding hydrogens is 148 g/mol. The number of unbranched alkanes of at least 4 members (excludes halogenated alkanes) is 1. The summed E-state index contributed by atoms with van der Waals surface area (Å²) in [6.07, 6.45) is 6.82. The zero-order chi connectivity index (χ0) is 7.23. The van der Waals surface area contributed by atoms with Gasteiger partial charge in [-0.1, -0.05) is 0 Å². The van der Waals surface area contributed by atoms with E-state index in [-0.39, 0.29) is 0 Å². The lowest BCUT2D eigenvalue weighted by molar-refractivity contribution is 0.563. The second-order valence-corrected chi connectivity index (χ2v) is 2.66. The van der Waals surface area contributed by atoms with Gasteiger partial charge in [0.15, 0.2) is 0 Å². The molecule has 10 heavy (non-hydrogen) atoms. The van der Waals surface area contributed by atoms with E-state index in [9.17, 15) is 0 Å². The predicted molar refractivity (Wildman–Crippen MR) is 42.4 cm³/mol. The van der Waals surface area contributed by atoms with Gasteiger partial charge in [0.1, 0.15) is 0 Å². The Morgan fingerprint density at radius 1 is 1.40 bits per heavy atom. The number of halogens is 1. The summed E-state index contributed by atoms with van der Waals surface area (Å²) in [7, 11) is 0. The first-order chi connectivity index (χ1) is 4.93. The van der Waals surface area contributed by atoms with Gasteiger partial charge in [0.05, 0.1) is 12.5 Å². The second kappa shape index (κ2) is 4.40. The van der Waals surface area contributed by atoms with Crippen LogP contribution in [-0.2, 0) is 6.42 Å². The van der Waals surface area contributed by atoms with Gasteiger partial charge in [-0.2, -0.15) is 0 Å². The number of furan rings is 1. The Balaban J connectivity index is 2.15. The molecule has 1 nitrogen and oxygen atoms in total. The molecule has 0 aliphatic rings. The Kier molecular flexibility index (Phi) is 3.37. The third kappa shape index (κ3) is 2.44. The largest absolute Gasteiger partial charge is 0.472 e. The van der Waals surface area contributed by atoms with Crippen LogP contribution in [0, 0.1) is 0 Å². The van der Waals surface area contributed by atoms with E-state index in [0.717, 1.165) is 25.1 Å². The molecular formula is C8H11ClO. The highest BCUT2D eigenvalue weighted by Crippen LogP contribution is 2.05. The van der Waals surface area contributed by atoms with Crippen LogP contribution in [0.2, 0.25) is 0 Å². The summed E-state index contributed by atoms with van der Waals surface area (Å²) in [5.74, 6) is 0.762. The number of rotatable bonds is 4. The van der Waals surface area contributed by atoms with Gasteiger partial charge < -0.3 is 4.42 Å². The number of hydrogen-bond acceptors (Lipinski definition) is 1. The Morgan fingerprint density at radius 2 is 2.30 bits per heavy atom. The fourth-order valence-corrected chi connectivity index (χ4v) is 1.05. The SMILES string of the molecule is ClCCCCc1ccoc1. The lowest BCUT2D eigenvalue weighted by Gasteiger charge is -1.92. The van der Waals surface area contributed by atoms with Gasteiger partial charge in [-0.05, 0) is 30.9 Å². The van der Waals surface area contributed by atoms with E-state index in [1.807, 2.05) is 6.07 Å². The van der Waals surface area contributed by atoms with E-state index in [0.29, 0.717) is 0 Å². The summed E-state index contributed by atoms with van der Waals surface area (Å²) in [6.45, 7) is 0. The van der Waals surface area contributed by atoms with Crippen molar-refractivity contribution in [3.63, 3.8) is 0 Å². The predicted octanol–water partition coefficient (Wildman–Crippen LogP) is 2.84. The summed E-state index contributed by atoms with van der Waals surface area (Å²) in [5.41, 5.74) is 1.27. The highest BCUT2D eigenvalue weighted by molar-refractivity contribution is 6.17. The van der Waals surface area contributed by atoms with Crippen molar-refractivity contribution in [3.05, 3.63) is 24.2 Å². The van der Waals surface area contributed by atoms with Crippen LogP contribution in [0.3, 0.4) is 0 Å². The molecule has 56 valence electrons. The van der Waals surface area contributed by atoms with Crippen molar-refractivity contribution in [2.24, 2.45) is 0 Å². The van der Waals surface area contributed by atoms with Crippen molar-refractivity contribution in [3.8, 4) is 0 Å². The summed E-state index contributed by atoms with van der Waals surface area (Å²) in [4.78, 5) is 0. The van der Waals surface area contributed by atoms with Crippen LogP contribution >= 0.6 is 11.6 Å². The van der Waals surface area contributed by atoms with Crippen LogP contribution in [0.1, 0.15) is 18.4 Å². The number of aryl methyl sites for hydroxylation is 1. The van der Waals surface area contributed by atoms with Crippen molar-refractivity contribution in [1.82, 2.24) is 0 Å². The molecule has 1 aromatic heterocycles. The molecule has 0 fully saturated rings. The zero-order valence-corrected chi connectivity index (χ0v) is 6.60. The maximum absolute atomic E-state index is 5.52. The van der Waals surface area contributed by atoms with E-state index < -0.39 is 0 Å². The van der Waals surface area contributed by atoms with Crippen molar-refractivity contribution in [2.75, 3.05) is 5.88 Å². The lowest BCUT2D eigenvalue weighted by atomic mass is 10.2. The van der Waals surface area contributed by atoms with Gasteiger partial charge in [0.25, 0.3) is 0 Å². The molecule has 2 heteroatoms. The second-order valence-electron chi connectivity index (χ2n) is 2.28. The summed E-state index contributed by atoms with van der Waals surface area (Å²) >= 11 is 5.52. The molecule has 0 unspecified atom stereocenters. The quantitative estimate of drug-likeness (QED) is 0.485. The Hall–Kier alpha value is -0.430. The van der Waals surface area contributed by atoms with Crippen molar-refractivity contribution in [1.29, 1.82) is 0 Å². The Morgan fingerprint density at radius 3 is 2.90 bits per heavy atom. The molecule has 0 aromatic carbocycles. The van der Waals surface area contributed by atoms with Gasteiger partial charge in [0, 0.05) is 5.88 Å². The fraction of sp³-hybridized carbons (Fsp3) is 0.500. The summed E-state index contributed by atoms with van der Waals surface area (Å²) in [5, 5.41) is 0. The minimum Gasteiger partial charge on any atom is -0.472 e. The zero-order valence-electron chi connectivity index (χ0n) is 5.85. The molecule has 0 saturated heterocycles. The van der Waals surface area contributed by atoms with Crippen molar-refractivity contribution >= 4 is 11.6 Å². The standard InChI is InChI=1S/C8H11ClO/c9-5-2-1-3-8-4-6-10-7-8/h4,6-7H,1-3,5H2. The minimum atomic E-state index is 0.762. The van der Waals surface area contributed by atoms with Crippen LogP contribution in [0.4, 0.5) is 0 Å². The molecule has 0 radical (unpaired) electrons. The fourth-order valence-electron chi connectivity index (χ4n) is 0.859. The van der Waals surface area contributed by atoms with Crippen LogP contribution in [-0.4, -0.2) is 5.88 Å². The van der Waals surface area contributed by atoms with Gasteiger partial charge in [-0.25, -0.2) is 0 Å². The van der Waals surface area contributed by atoms with E-state index in [1.165, 1.54) is 5.56 Å². The lowest BCUT2D eigenvalue weighted by Crippen LogP contribution is -1.82. The first kappa shape index (κ1) is 7.67. The van der Waals surface area contributed by atoms with E-state index in [2.05, 4.69) is 0 Å². The Bertz CT molecular complexity index is 158. The van der Waals surface area contributed by atoms with Crippen LogP contribution in [0.25, 0.3) is 0 Å². The highest BCUT2D eigenvalue weighted by atomic mass is 35.5. The minimum absolute atomic E-state index is 0.762. The summed E-state index contributed by atoms with van der Waals surface area (Å²) < 4.78 is 4.91. The van der Waals surface area contributed by atoms with Crippen LogP contribution < -0.4 is 0 Å². The van der Waals surface area contributed by atoms with Gasteiger partial charge in [-0.15, -0.1) is 11.6 Å². The molecule has 0 N–H and O–H groups in total. The Labute approximate surface area is 66.0 Å². The summed E-state index contributed by atoms with van der Waals surface area (Å²) in [6, 6.07) is 1.99. The third-order valence-corrected chi connectivity index (χ3v) is 1.70. The molecule has 0 bridgehead atoms. The molecule has 0 atom stereocenters. The van der Waals surface area contributed by atoms with Crippen molar-refractivity contribution < 1.29 is 4.42 Å². The maximum Gasteiger partial charge on any atom is 0.0934 e. The smallest absolute Gasteiger partial charge is 0.0934 e. The van der Waals surface area contributed by atoms with Crippen LogP contribution in [0.5, 0.6) is 0 Å². The average molecular weight is 159 g/mol. The molecule has 0 aliphatic carbocycles. The van der Waals surface area contributed by atoms with Crippen LogP contribution in [0.15, 0.2) is 23.0 Å². The molecule has 0 aliphatic heterocycles. The number of alkyl halides is 1. The van der Waals surface area contributed by atoms with Gasteiger partial charge in [0.2, 0.25) is 0 Å². The average Bonchev–Trinajstić information content (AvgIpc) is 2.41. The highest BCUT2D eigenvalue weighted by Gasteiger charge is 1.92. The number of hydrogen-bond donors (Lipinski definition) is 0. The molecule has 0 saturated carbocycles. The van der Waals surface area contributed by atoms with Gasteiger partial charge >= 0.3 is 0 Å². The first-order valence-electron chi connectivity index (χ1n) is 3.50. The maximum atomic E-state index is 5.52. The molecule has 1 aromatic rings. The molecule has 0 amide bonds. The van der Waals surface area contributed by atoms with Crippen molar-refractivity contribution in [2.45, 2.75) is 19.3 Å². The van der Waals surface area contributed by atoms with E-state index >= 15 is 0 Å². The first-order valence-corrected chi connectivity index (χ1v) is 4.04. The van der Waals surface area contributed by atoms with E-state index in [4.69, 9.17) is 16.0 Å². The third-order valence-electron chi connectivity index (χ3n) is 1.43. The normalized spacial score (nSPS) is 10.1. The molecule has 0 spiro atoms. The topological polar surface area (TPSA) is 13.1 Å².